The van der Waals surface area contributed by atoms with Crippen molar-refractivity contribution in [2.45, 2.75) is 65.1 Å². The first-order chi connectivity index (χ1) is 18.5. The number of rotatable bonds is 6. The number of aryl methyl sites for hydroxylation is 1. The molecule has 0 radical (unpaired) electrons. The maximum atomic E-state index is 13.0. The number of nitrogens with zero attached hydrogens (tertiary/aromatic N) is 3. The average molecular weight is 532 g/mol. The van der Waals surface area contributed by atoms with Crippen LogP contribution in [-0.4, -0.2) is 50.1 Å². The fraction of sp³-hybridized carbons (Fsp3) is 0.414. The molecule has 1 fully saturated rings. The van der Waals surface area contributed by atoms with Crippen molar-refractivity contribution in [2.24, 2.45) is 5.92 Å². The molecule has 39 heavy (non-hydrogen) atoms. The molecule has 2 aromatic carbocycles. The van der Waals surface area contributed by atoms with Gasteiger partial charge < -0.3 is 25.2 Å². The van der Waals surface area contributed by atoms with Crippen molar-refractivity contribution < 1.29 is 24.0 Å². The minimum atomic E-state index is -0.982. The minimum absolute atomic E-state index is 0.0550. The number of hydrogen-bond donors (Lipinski definition) is 3. The lowest BCUT2D eigenvalue weighted by Crippen LogP contribution is -2.50. The molecule has 204 valence electrons. The van der Waals surface area contributed by atoms with E-state index in [-0.39, 0.29) is 34.9 Å². The third-order valence-corrected chi connectivity index (χ3v) is 7.14. The Labute approximate surface area is 226 Å². The number of carboxylic acids is 1. The number of carbonyl (C=O) groups excluding carboxylic acids is 2. The van der Waals surface area contributed by atoms with Gasteiger partial charge in [0.05, 0.1) is 17.4 Å². The van der Waals surface area contributed by atoms with E-state index in [1.807, 2.05) is 39.0 Å². The SMILES string of the molecule is Cc1noc([C@H]2C[C@H]2C(=O)NCc2ccc(-c3cccc(C(=O)O)c3)c3c2CN(C(=O)NC(C)(C)C)CC3)n1. The summed E-state index contributed by atoms with van der Waals surface area (Å²) in [5.41, 5.74) is 4.56. The molecule has 10 heteroatoms. The van der Waals surface area contributed by atoms with Gasteiger partial charge in [-0.05, 0) is 80.5 Å². The van der Waals surface area contributed by atoms with E-state index in [0.717, 1.165) is 27.8 Å². The van der Waals surface area contributed by atoms with Gasteiger partial charge in [-0.1, -0.05) is 29.4 Å². The summed E-state index contributed by atoms with van der Waals surface area (Å²) in [6.45, 7) is 8.82. The number of carbonyl (C=O) groups is 3. The van der Waals surface area contributed by atoms with Crippen LogP contribution in [0.3, 0.4) is 0 Å². The molecule has 0 unspecified atom stereocenters. The summed E-state index contributed by atoms with van der Waals surface area (Å²) < 4.78 is 5.23. The summed E-state index contributed by atoms with van der Waals surface area (Å²) in [7, 11) is 0. The van der Waals surface area contributed by atoms with Crippen molar-refractivity contribution in [3.63, 3.8) is 0 Å². The predicted molar refractivity (Wildman–Crippen MR) is 143 cm³/mol. The van der Waals surface area contributed by atoms with Gasteiger partial charge >= 0.3 is 12.0 Å². The van der Waals surface area contributed by atoms with Gasteiger partial charge in [0, 0.05) is 25.2 Å². The zero-order valence-corrected chi connectivity index (χ0v) is 22.6. The monoisotopic (exact) mass is 531 g/mol. The third kappa shape index (κ3) is 5.79. The second-order valence-electron chi connectivity index (χ2n) is 11.3. The lowest BCUT2D eigenvalue weighted by molar-refractivity contribution is -0.122. The quantitative estimate of drug-likeness (QED) is 0.437. The Balaban J connectivity index is 1.40. The van der Waals surface area contributed by atoms with E-state index < -0.39 is 5.97 Å². The van der Waals surface area contributed by atoms with Gasteiger partial charge in [-0.25, -0.2) is 9.59 Å². The molecule has 2 atom stereocenters. The van der Waals surface area contributed by atoms with Crippen molar-refractivity contribution in [1.29, 1.82) is 0 Å². The van der Waals surface area contributed by atoms with Gasteiger partial charge in [0.1, 0.15) is 0 Å². The molecule has 10 nitrogen and oxygen atoms in total. The highest BCUT2D eigenvalue weighted by Crippen LogP contribution is 2.46. The van der Waals surface area contributed by atoms with Crippen LogP contribution in [0.1, 0.15) is 71.9 Å². The molecule has 5 rings (SSSR count). The molecule has 2 aliphatic rings. The summed E-state index contributed by atoms with van der Waals surface area (Å²) >= 11 is 0. The molecule has 3 N–H and O–H groups in total. The molecular weight excluding hydrogens is 498 g/mol. The number of urea groups is 1. The summed E-state index contributed by atoms with van der Waals surface area (Å²) in [6.07, 6.45) is 1.29. The molecule has 0 saturated heterocycles. The van der Waals surface area contributed by atoms with Crippen LogP contribution in [0.25, 0.3) is 11.1 Å². The Morgan fingerprint density at radius 1 is 1.15 bits per heavy atom. The Bertz CT molecular complexity index is 1440. The summed E-state index contributed by atoms with van der Waals surface area (Å²) in [4.78, 5) is 43.5. The zero-order valence-electron chi connectivity index (χ0n) is 22.6. The van der Waals surface area contributed by atoms with Gasteiger partial charge in [-0.3, -0.25) is 4.79 Å². The van der Waals surface area contributed by atoms with E-state index in [0.29, 0.717) is 44.2 Å². The largest absolute Gasteiger partial charge is 0.478 e. The molecule has 3 amide bonds. The van der Waals surface area contributed by atoms with Gasteiger partial charge in [-0.15, -0.1) is 0 Å². The molecule has 1 aliphatic heterocycles. The highest BCUT2D eigenvalue weighted by molar-refractivity contribution is 5.90. The van der Waals surface area contributed by atoms with Crippen LogP contribution < -0.4 is 10.6 Å². The number of aromatic carboxylic acids is 1. The third-order valence-electron chi connectivity index (χ3n) is 7.14. The fourth-order valence-electron chi connectivity index (χ4n) is 5.10. The normalized spacial score (nSPS) is 18.3. The predicted octanol–water partition coefficient (Wildman–Crippen LogP) is 4.03. The Kier molecular flexibility index (Phi) is 6.88. The maximum Gasteiger partial charge on any atom is 0.335 e. The molecule has 2 heterocycles. The summed E-state index contributed by atoms with van der Waals surface area (Å²) in [5.74, 6) is -0.256. The Morgan fingerprint density at radius 3 is 2.64 bits per heavy atom. The van der Waals surface area contributed by atoms with Crippen LogP contribution in [0, 0.1) is 12.8 Å². The van der Waals surface area contributed by atoms with Crippen LogP contribution in [-0.2, 0) is 24.3 Å². The minimum Gasteiger partial charge on any atom is -0.478 e. The first-order valence-corrected chi connectivity index (χ1v) is 13.1. The topological polar surface area (TPSA) is 138 Å². The van der Waals surface area contributed by atoms with Crippen LogP contribution >= 0.6 is 0 Å². The number of benzene rings is 2. The molecular formula is C29H33N5O5. The van der Waals surface area contributed by atoms with Crippen molar-refractivity contribution in [3.8, 4) is 11.1 Å². The second-order valence-corrected chi connectivity index (χ2v) is 11.3. The van der Waals surface area contributed by atoms with E-state index >= 15 is 0 Å². The second kappa shape index (κ2) is 10.2. The van der Waals surface area contributed by atoms with Crippen molar-refractivity contribution in [2.75, 3.05) is 6.54 Å². The zero-order chi connectivity index (χ0) is 27.9. The first-order valence-electron chi connectivity index (χ1n) is 13.1. The molecule has 1 aromatic heterocycles. The number of hydrogen-bond acceptors (Lipinski definition) is 6. The smallest absolute Gasteiger partial charge is 0.335 e. The number of carboxylic acid groups (broad SMARTS) is 1. The van der Waals surface area contributed by atoms with Crippen LogP contribution in [0.15, 0.2) is 40.9 Å². The van der Waals surface area contributed by atoms with Crippen molar-refractivity contribution in [3.05, 3.63) is 70.4 Å². The molecule has 0 spiro atoms. The lowest BCUT2D eigenvalue weighted by Gasteiger charge is -2.34. The highest BCUT2D eigenvalue weighted by Gasteiger charge is 2.47. The molecule has 1 saturated carbocycles. The highest BCUT2D eigenvalue weighted by atomic mass is 16.5. The first kappa shape index (κ1) is 26.4. The molecule has 1 aliphatic carbocycles. The maximum absolute atomic E-state index is 13.0. The van der Waals surface area contributed by atoms with Crippen LogP contribution in [0.2, 0.25) is 0 Å². The van der Waals surface area contributed by atoms with Crippen molar-refractivity contribution >= 4 is 17.9 Å². The fourth-order valence-corrected chi connectivity index (χ4v) is 5.10. The molecule has 0 bridgehead atoms. The van der Waals surface area contributed by atoms with Crippen LogP contribution in [0.5, 0.6) is 0 Å². The van der Waals surface area contributed by atoms with E-state index in [2.05, 4.69) is 20.8 Å². The average Bonchev–Trinajstić information content (AvgIpc) is 3.58. The lowest BCUT2D eigenvalue weighted by atomic mass is 9.87. The van der Waals surface area contributed by atoms with E-state index in [9.17, 15) is 19.5 Å². The number of aromatic nitrogens is 2. The van der Waals surface area contributed by atoms with E-state index in [4.69, 9.17) is 4.52 Å². The summed E-state index contributed by atoms with van der Waals surface area (Å²) in [6, 6.07) is 10.7. The van der Waals surface area contributed by atoms with Crippen molar-refractivity contribution in [1.82, 2.24) is 25.7 Å². The number of nitrogens with one attached hydrogen (secondary N) is 2. The number of amides is 3. The Morgan fingerprint density at radius 2 is 1.95 bits per heavy atom. The van der Waals surface area contributed by atoms with Crippen LogP contribution in [0.4, 0.5) is 4.79 Å². The van der Waals surface area contributed by atoms with E-state index in [1.54, 1.807) is 30.0 Å². The summed E-state index contributed by atoms with van der Waals surface area (Å²) in [5, 5.41) is 19.4. The number of fused-ring (bicyclic) bond motifs is 1. The van der Waals surface area contributed by atoms with Gasteiger partial charge in [0.25, 0.3) is 0 Å². The van der Waals surface area contributed by atoms with Gasteiger partial charge in [0.15, 0.2) is 5.82 Å². The van der Waals surface area contributed by atoms with Gasteiger partial charge in [0.2, 0.25) is 11.8 Å². The Hall–Kier alpha value is -4.21. The van der Waals surface area contributed by atoms with E-state index in [1.165, 1.54) is 0 Å². The van der Waals surface area contributed by atoms with Gasteiger partial charge in [-0.2, -0.15) is 4.98 Å². The molecule has 3 aromatic rings. The standard InChI is InChI=1S/C29H33N5O5/c1-16-31-26(39-33-16)23-13-22(23)25(35)30-14-19-8-9-20(17-6-5-7-18(12-17)27(36)37)21-10-11-34(15-24(19)21)28(38)32-29(2,3)4/h5-9,12,22-23H,10-11,13-15H2,1-4H3,(H,30,35)(H,32,38)(H,36,37)/t22-,23+/m1/s1.